The van der Waals surface area contributed by atoms with Crippen molar-refractivity contribution in [2.45, 2.75) is 19.5 Å². The predicted octanol–water partition coefficient (Wildman–Crippen LogP) is 3.75. The molecular weight excluding hydrogens is 404 g/mol. The fraction of sp³-hybridized carbons (Fsp3) is 0.200. The minimum atomic E-state index is -1.07. The number of fused-ring (bicyclic) bond motifs is 3. The van der Waals surface area contributed by atoms with Crippen LogP contribution in [0.4, 0.5) is 5.95 Å². The first kappa shape index (κ1) is 19.9. The molecule has 0 unspecified atom stereocenters. The Kier molecular flexibility index (Phi) is 5.15. The maximum atomic E-state index is 13.8. The Labute approximate surface area is 185 Å². The van der Waals surface area contributed by atoms with E-state index in [0.717, 1.165) is 16.6 Å². The zero-order valence-electron chi connectivity index (χ0n) is 17.6. The average Bonchev–Trinajstić information content (AvgIpc) is 3.21. The number of aromatic nitrogens is 3. The van der Waals surface area contributed by atoms with Crippen molar-refractivity contribution >= 4 is 28.9 Å². The van der Waals surface area contributed by atoms with Crippen LogP contribution < -0.4 is 4.90 Å². The second-order valence-electron chi connectivity index (χ2n) is 7.61. The number of pyridine rings is 1. The van der Waals surface area contributed by atoms with Gasteiger partial charge in [0, 0.05) is 6.20 Å². The van der Waals surface area contributed by atoms with Crippen molar-refractivity contribution in [3.8, 4) is 0 Å². The standard InChI is InChI=1S/C25H22N4O3/c1-2-32-24(31)21-22(19-13-8-9-15-26-19)29-20-14-7-6-12-18(20)27-25(29)28(23(21)30)16-17-10-4-3-5-11-17/h3-15,21-22H,2,16H2,1H3/t21-,22+/m1/s1. The van der Waals surface area contributed by atoms with Crippen LogP contribution in [-0.2, 0) is 20.9 Å². The second kappa shape index (κ2) is 8.26. The molecule has 2 aromatic heterocycles. The van der Waals surface area contributed by atoms with Crippen LogP contribution in [0.3, 0.4) is 0 Å². The van der Waals surface area contributed by atoms with Crippen LogP contribution in [0.15, 0.2) is 79.0 Å². The van der Waals surface area contributed by atoms with Gasteiger partial charge in [-0.2, -0.15) is 0 Å². The van der Waals surface area contributed by atoms with E-state index < -0.39 is 17.9 Å². The lowest BCUT2D eigenvalue weighted by atomic mass is 9.92. The second-order valence-corrected chi connectivity index (χ2v) is 7.61. The molecule has 0 spiro atoms. The molecule has 0 saturated heterocycles. The highest BCUT2D eigenvalue weighted by Gasteiger charge is 2.48. The smallest absolute Gasteiger partial charge is 0.321 e. The molecule has 7 heteroatoms. The van der Waals surface area contributed by atoms with Gasteiger partial charge in [0.05, 0.1) is 29.9 Å². The molecule has 7 nitrogen and oxygen atoms in total. The molecule has 32 heavy (non-hydrogen) atoms. The van der Waals surface area contributed by atoms with Crippen LogP contribution >= 0.6 is 0 Å². The molecule has 1 aliphatic rings. The zero-order chi connectivity index (χ0) is 22.1. The molecule has 0 radical (unpaired) electrons. The summed E-state index contributed by atoms with van der Waals surface area (Å²) in [6.45, 7) is 2.22. The maximum Gasteiger partial charge on any atom is 0.321 e. The molecule has 2 atom stereocenters. The number of hydrogen-bond acceptors (Lipinski definition) is 5. The minimum absolute atomic E-state index is 0.188. The number of carbonyl (C=O) groups is 2. The average molecular weight is 426 g/mol. The summed E-state index contributed by atoms with van der Waals surface area (Å²) in [5, 5.41) is 0. The summed E-state index contributed by atoms with van der Waals surface area (Å²) in [5.41, 5.74) is 3.14. The Morgan fingerprint density at radius 2 is 1.75 bits per heavy atom. The van der Waals surface area contributed by atoms with Crippen LogP contribution in [0.5, 0.6) is 0 Å². The summed E-state index contributed by atoms with van der Waals surface area (Å²) < 4.78 is 7.31. The van der Waals surface area contributed by atoms with Gasteiger partial charge in [0.1, 0.15) is 6.04 Å². The predicted molar refractivity (Wildman–Crippen MR) is 120 cm³/mol. The number of benzene rings is 2. The third-order valence-electron chi connectivity index (χ3n) is 5.66. The number of rotatable bonds is 5. The van der Waals surface area contributed by atoms with Gasteiger partial charge in [0.15, 0.2) is 5.92 Å². The highest BCUT2D eigenvalue weighted by Crippen LogP contribution is 2.41. The number of esters is 1. The summed E-state index contributed by atoms with van der Waals surface area (Å²) in [4.78, 5) is 37.8. The van der Waals surface area contributed by atoms with E-state index in [2.05, 4.69) is 4.98 Å². The van der Waals surface area contributed by atoms with E-state index in [1.54, 1.807) is 18.0 Å². The normalized spacial score (nSPS) is 17.9. The van der Waals surface area contributed by atoms with Gasteiger partial charge in [0.2, 0.25) is 11.9 Å². The van der Waals surface area contributed by atoms with Gasteiger partial charge in [-0.3, -0.25) is 24.0 Å². The highest BCUT2D eigenvalue weighted by molar-refractivity contribution is 6.08. The number of amides is 1. The largest absolute Gasteiger partial charge is 0.465 e. The summed E-state index contributed by atoms with van der Waals surface area (Å²) in [6, 6.07) is 22.2. The molecule has 160 valence electrons. The Morgan fingerprint density at radius 1 is 1.00 bits per heavy atom. The molecule has 1 aliphatic heterocycles. The van der Waals surface area contributed by atoms with Crippen molar-refractivity contribution in [3.63, 3.8) is 0 Å². The van der Waals surface area contributed by atoms with Crippen molar-refractivity contribution in [2.24, 2.45) is 5.92 Å². The first-order chi connectivity index (χ1) is 15.7. The van der Waals surface area contributed by atoms with Gasteiger partial charge in [0.25, 0.3) is 0 Å². The molecule has 2 aromatic carbocycles. The van der Waals surface area contributed by atoms with Gasteiger partial charge >= 0.3 is 5.97 Å². The van der Waals surface area contributed by atoms with Gasteiger partial charge in [-0.05, 0) is 36.8 Å². The Balaban J connectivity index is 1.75. The quantitative estimate of drug-likeness (QED) is 0.359. The number of ether oxygens (including phenoxy) is 1. The molecule has 0 N–H and O–H groups in total. The summed E-state index contributed by atoms with van der Waals surface area (Å²) in [5.74, 6) is -1.48. The third kappa shape index (κ3) is 3.32. The summed E-state index contributed by atoms with van der Waals surface area (Å²) in [6.07, 6.45) is 1.66. The number of anilines is 1. The topological polar surface area (TPSA) is 77.3 Å². The van der Waals surface area contributed by atoms with E-state index in [9.17, 15) is 9.59 Å². The number of carbonyl (C=O) groups excluding carboxylic acids is 2. The van der Waals surface area contributed by atoms with Crippen molar-refractivity contribution in [2.75, 3.05) is 11.5 Å². The molecular formula is C25H22N4O3. The lowest BCUT2D eigenvalue weighted by molar-refractivity contribution is -0.153. The lowest BCUT2D eigenvalue weighted by Gasteiger charge is -2.37. The summed E-state index contributed by atoms with van der Waals surface area (Å²) in [7, 11) is 0. The Hall–Kier alpha value is -4.00. The fourth-order valence-corrected chi connectivity index (χ4v) is 4.28. The number of imidazole rings is 1. The first-order valence-electron chi connectivity index (χ1n) is 10.6. The molecule has 5 rings (SSSR count). The van der Waals surface area contributed by atoms with E-state index in [1.807, 2.05) is 77.4 Å². The molecule has 3 heterocycles. The van der Waals surface area contributed by atoms with Crippen molar-refractivity contribution in [1.82, 2.24) is 14.5 Å². The molecule has 4 aromatic rings. The van der Waals surface area contributed by atoms with Crippen LogP contribution in [0.25, 0.3) is 11.0 Å². The molecule has 0 bridgehead atoms. The van der Waals surface area contributed by atoms with E-state index in [-0.39, 0.29) is 12.5 Å². The lowest BCUT2D eigenvalue weighted by Crippen LogP contribution is -2.50. The highest BCUT2D eigenvalue weighted by atomic mass is 16.5. The Morgan fingerprint density at radius 3 is 2.50 bits per heavy atom. The monoisotopic (exact) mass is 426 g/mol. The summed E-state index contributed by atoms with van der Waals surface area (Å²) >= 11 is 0. The van der Waals surface area contributed by atoms with Crippen LogP contribution in [-0.4, -0.2) is 33.0 Å². The SMILES string of the molecule is CCOC(=O)[C@H]1C(=O)N(Cc2ccccc2)c2nc3ccccc3n2[C@H]1c1ccccn1. The van der Waals surface area contributed by atoms with Crippen molar-refractivity contribution < 1.29 is 14.3 Å². The number of nitrogens with zero attached hydrogens (tertiary/aromatic N) is 4. The number of para-hydroxylation sites is 2. The van der Waals surface area contributed by atoms with Crippen LogP contribution in [0, 0.1) is 5.92 Å². The van der Waals surface area contributed by atoms with E-state index in [4.69, 9.17) is 9.72 Å². The minimum Gasteiger partial charge on any atom is -0.465 e. The van der Waals surface area contributed by atoms with E-state index >= 15 is 0 Å². The van der Waals surface area contributed by atoms with Crippen LogP contribution in [0.2, 0.25) is 0 Å². The van der Waals surface area contributed by atoms with Gasteiger partial charge in [-0.1, -0.05) is 48.5 Å². The zero-order valence-corrected chi connectivity index (χ0v) is 17.6. The van der Waals surface area contributed by atoms with E-state index in [1.165, 1.54) is 0 Å². The van der Waals surface area contributed by atoms with Gasteiger partial charge in [-0.15, -0.1) is 0 Å². The van der Waals surface area contributed by atoms with Crippen molar-refractivity contribution in [1.29, 1.82) is 0 Å². The first-order valence-corrected chi connectivity index (χ1v) is 10.6. The molecule has 0 aliphatic carbocycles. The Bertz CT molecular complexity index is 1270. The van der Waals surface area contributed by atoms with Crippen LogP contribution in [0.1, 0.15) is 24.2 Å². The fourth-order valence-electron chi connectivity index (χ4n) is 4.28. The maximum absolute atomic E-state index is 13.8. The number of hydrogen-bond donors (Lipinski definition) is 0. The molecule has 0 fully saturated rings. The van der Waals surface area contributed by atoms with Gasteiger partial charge in [-0.25, -0.2) is 4.98 Å². The van der Waals surface area contributed by atoms with Crippen molar-refractivity contribution in [3.05, 3.63) is 90.3 Å². The molecule has 0 saturated carbocycles. The van der Waals surface area contributed by atoms with Gasteiger partial charge < -0.3 is 4.74 Å². The molecule has 1 amide bonds. The third-order valence-corrected chi connectivity index (χ3v) is 5.66. The van der Waals surface area contributed by atoms with E-state index in [0.29, 0.717) is 18.2 Å².